The first-order chi connectivity index (χ1) is 8.16. The van der Waals surface area contributed by atoms with Gasteiger partial charge in [-0.2, -0.15) is 5.10 Å². The third kappa shape index (κ3) is 2.91. The van der Waals surface area contributed by atoms with Crippen LogP contribution in [0, 0.1) is 13.8 Å². The fraction of sp³-hybridized carbons (Fsp3) is 0.231. The minimum absolute atomic E-state index is 0.761. The largest absolute Gasteiger partial charge is 0.261 e. The molecule has 0 aliphatic carbocycles. The number of hydrogen-bond donors (Lipinski definition) is 1. The van der Waals surface area contributed by atoms with E-state index < -0.39 is 0 Å². The fourth-order valence-corrected chi connectivity index (χ4v) is 2.60. The maximum Gasteiger partial charge on any atom is 0.146 e. The number of nitrogens with zero attached hydrogens (tertiary/aromatic N) is 2. The van der Waals surface area contributed by atoms with E-state index in [1.807, 2.05) is 25.1 Å². The molecule has 88 valence electrons. The summed E-state index contributed by atoms with van der Waals surface area (Å²) in [5.41, 5.74) is 5.15. The Morgan fingerprint density at radius 1 is 1.35 bits per heavy atom. The number of hydrazone groups is 1. The van der Waals surface area contributed by atoms with Gasteiger partial charge in [0.1, 0.15) is 5.82 Å². The average molecular weight is 245 g/mol. The van der Waals surface area contributed by atoms with Crippen LogP contribution in [0.2, 0.25) is 0 Å². The summed E-state index contributed by atoms with van der Waals surface area (Å²) in [6, 6.07) is 7.87. The topological polar surface area (TPSA) is 37.3 Å². The van der Waals surface area contributed by atoms with Gasteiger partial charge in [-0.1, -0.05) is 6.07 Å². The first kappa shape index (κ1) is 11.8. The van der Waals surface area contributed by atoms with E-state index in [9.17, 15) is 0 Å². The van der Waals surface area contributed by atoms with Crippen LogP contribution in [0.4, 0.5) is 5.82 Å². The lowest BCUT2D eigenvalue weighted by molar-refractivity contribution is 1.22. The van der Waals surface area contributed by atoms with Crippen LogP contribution in [0.3, 0.4) is 0 Å². The number of thiophene rings is 1. The summed E-state index contributed by atoms with van der Waals surface area (Å²) in [5, 5.41) is 4.35. The molecule has 0 saturated carbocycles. The minimum Gasteiger partial charge on any atom is -0.261 e. The summed E-state index contributed by atoms with van der Waals surface area (Å²) >= 11 is 1.79. The molecule has 4 heteroatoms. The van der Waals surface area contributed by atoms with E-state index in [0.29, 0.717) is 0 Å². The Bertz CT molecular complexity index is 529. The van der Waals surface area contributed by atoms with Crippen molar-refractivity contribution >= 4 is 22.9 Å². The van der Waals surface area contributed by atoms with Crippen molar-refractivity contribution in [3.8, 4) is 0 Å². The molecule has 0 spiro atoms. The van der Waals surface area contributed by atoms with Crippen LogP contribution in [0.15, 0.2) is 35.6 Å². The molecular weight excluding hydrogens is 230 g/mol. The summed E-state index contributed by atoms with van der Waals surface area (Å²) < 4.78 is 0. The van der Waals surface area contributed by atoms with Gasteiger partial charge in [-0.15, -0.1) is 11.3 Å². The van der Waals surface area contributed by atoms with Crippen LogP contribution in [0.5, 0.6) is 0 Å². The Kier molecular flexibility index (Phi) is 3.54. The zero-order chi connectivity index (χ0) is 12.3. The van der Waals surface area contributed by atoms with Gasteiger partial charge in [0.05, 0.1) is 5.71 Å². The molecular formula is C13H15N3S. The van der Waals surface area contributed by atoms with Crippen LogP contribution >= 0.6 is 11.3 Å². The molecule has 2 rings (SSSR count). The molecule has 0 bridgehead atoms. The number of aromatic nitrogens is 1. The smallest absolute Gasteiger partial charge is 0.146 e. The van der Waals surface area contributed by atoms with Crippen LogP contribution in [0.1, 0.15) is 22.2 Å². The molecule has 0 radical (unpaired) electrons. The predicted molar refractivity (Wildman–Crippen MR) is 73.9 cm³/mol. The van der Waals surface area contributed by atoms with E-state index in [1.165, 1.54) is 15.3 Å². The zero-order valence-electron chi connectivity index (χ0n) is 10.2. The monoisotopic (exact) mass is 245 g/mol. The number of nitrogens with one attached hydrogen (secondary N) is 1. The van der Waals surface area contributed by atoms with Crippen molar-refractivity contribution in [2.24, 2.45) is 5.10 Å². The van der Waals surface area contributed by atoms with E-state index in [1.54, 1.807) is 17.5 Å². The Morgan fingerprint density at radius 3 is 2.76 bits per heavy atom. The van der Waals surface area contributed by atoms with Crippen molar-refractivity contribution in [2.45, 2.75) is 20.8 Å². The Labute approximate surface area is 105 Å². The molecule has 0 unspecified atom stereocenters. The number of rotatable bonds is 3. The van der Waals surface area contributed by atoms with Crippen molar-refractivity contribution in [2.75, 3.05) is 5.43 Å². The SMILES string of the molecule is C/C(=N/Nc1ccccn1)c1cc(C)sc1C. The van der Waals surface area contributed by atoms with Gasteiger partial charge < -0.3 is 0 Å². The fourth-order valence-electron chi connectivity index (χ4n) is 1.62. The first-order valence-electron chi connectivity index (χ1n) is 5.45. The van der Waals surface area contributed by atoms with E-state index in [0.717, 1.165) is 11.5 Å². The number of pyridine rings is 1. The maximum atomic E-state index is 4.35. The number of hydrogen-bond acceptors (Lipinski definition) is 4. The molecule has 17 heavy (non-hydrogen) atoms. The highest BCUT2D eigenvalue weighted by molar-refractivity contribution is 7.12. The summed E-state index contributed by atoms with van der Waals surface area (Å²) in [6.45, 7) is 6.23. The van der Waals surface area contributed by atoms with Crippen molar-refractivity contribution in [3.63, 3.8) is 0 Å². The van der Waals surface area contributed by atoms with Gasteiger partial charge in [0, 0.05) is 21.5 Å². The zero-order valence-corrected chi connectivity index (χ0v) is 11.0. The standard InChI is InChI=1S/C13H15N3S/c1-9-8-12(11(3)17-9)10(2)15-16-13-6-4-5-7-14-13/h4-8H,1-3H3,(H,14,16)/b15-10-. The summed E-state index contributed by atoms with van der Waals surface area (Å²) in [6.07, 6.45) is 1.74. The highest BCUT2D eigenvalue weighted by atomic mass is 32.1. The van der Waals surface area contributed by atoms with Gasteiger partial charge in [0.25, 0.3) is 0 Å². The second-order valence-electron chi connectivity index (χ2n) is 3.85. The summed E-state index contributed by atoms with van der Waals surface area (Å²) in [7, 11) is 0. The van der Waals surface area contributed by atoms with E-state index >= 15 is 0 Å². The Hall–Kier alpha value is -1.68. The van der Waals surface area contributed by atoms with E-state index in [4.69, 9.17) is 0 Å². The highest BCUT2D eigenvalue weighted by Crippen LogP contribution is 2.21. The lowest BCUT2D eigenvalue weighted by atomic mass is 10.2. The van der Waals surface area contributed by atoms with Gasteiger partial charge in [-0.25, -0.2) is 4.98 Å². The normalized spacial score (nSPS) is 11.6. The van der Waals surface area contributed by atoms with Crippen molar-refractivity contribution in [3.05, 3.63) is 45.8 Å². The third-order valence-electron chi connectivity index (χ3n) is 2.43. The summed E-state index contributed by atoms with van der Waals surface area (Å²) in [4.78, 5) is 6.76. The maximum absolute atomic E-state index is 4.35. The van der Waals surface area contributed by atoms with E-state index in [2.05, 4.69) is 35.4 Å². The van der Waals surface area contributed by atoms with Gasteiger partial charge in [-0.05, 0) is 39.0 Å². The van der Waals surface area contributed by atoms with Crippen molar-refractivity contribution in [1.29, 1.82) is 0 Å². The second kappa shape index (κ2) is 5.10. The lowest BCUT2D eigenvalue weighted by Crippen LogP contribution is -2.00. The quantitative estimate of drug-likeness (QED) is 0.662. The number of anilines is 1. The molecule has 0 aliphatic rings. The van der Waals surface area contributed by atoms with E-state index in [-0.39, 0.29) is 0 Å². The molecule has 2 aromatic rings. The molecule has 0 aromatic carbocycles. The van der Waals surface area contributed by atoms with Crippen LogP contribution in [-0.4, -0.2) is 10.7 Å². The Morgan fingerprint density at radius 2 is 2.18 bits per heavy atom. The van der Waals surface area contributed by atoms with Crippen molar-refractivity contribution in [1.82, 2.24) is 4.98 Å². The van der Waals surface area contributed by atoms with Gasteiger partial charge in [0.2, 0.25) is 0 Å². The predicted octanol–water partition coefficient (Wildman–Crippen LogP) is 3.60. The molecule has 0 aliphatic heterocycles. The molecule has 0 atom stereocenters. The molecule has 3 nitrogen and oxygen atoms in total. The second-order valence-corrected chi connectivity index (χ2v) is 5.31. The summed E-state index contributed by atoms with van der Waals surface area (Å²) in [5.74, 6) is 0.761. The Balaban J connectivity index is 2.15. The van der Waals surface area contributed by atoms with Gasteiger partial charge >= 0.3 is 0 Å². The first-order valence-corrected chi connectivity index (χ1v) is 6.27. The van der Waals surface area contributed by atoms with Crippen LogP contribution < -0.4 is 5.43 Å². The highest BCUT2D eigenvalue weighted by Gasteiger charge is 2.05. The number of aryl methyl sites for hydroxylation is 2. The molecule has 0 amide bonds. The lowest BCUT2D eigenvalue weighted by Gasteiger charge is -2.01. The molecule has 0 saturated heterocycles. The molecule has 1 N–H and O–H groups in total. The third-order valence-corrected chi connectivity index (χ3v) is 3.40. The van der Waals surface area contributed by atoms with Crippen molar-refractivity contribution < 1.29 is 0 Å². The molecule has 2 aromatic heterocycles. The van der Waals surface area contributed by atoms with Crippen LogP contribution in [0.25, 0.3) is 0 Å². The molecule has 0 fully saturated rings. The van der Waals surface area contributed by atoms with Gasteiger partial charge in [0.15, 0.2) is 0 Å². The van der Waals surface area contributed by atoms with Crippen LogP contribution in [-0.2, 0) is 0 Å². The molecule has 2 heterocycles. The van der Waals surface area contributed by atoms with Gasteiger partial charge in [-0.3, -0.25) is 5.43 Å². The average Bonchev–Trinajstić information content (AvgIpc) is 2.67. The minimum atomic E-state index is 0.761.